The Bertz CT molecular complexity index is 444. The Labute approximate surface area is 124 Å². The maximum absolute atomic E-state index is 12.4. The number of carbonyl (C=O) groups excluding carboxylic acids is 1. The van der Waals surface area contributed by atoms with Crippen LogP contribution < -0.4 is 4.72 Å². The molecule has 0 fully saturated rings. The number of methoxy groups -OCH3 is 1. The van der Waals surface area contributed by atoms with E-state index in [2.05, 4.69) is 4.72 Å². The largest absolute Gasteiger partial charge is 0.598 e. The van der Waals surface area contributed by atoms with Gasteiger partial charge in [-0.1, -0.05) is 30.3 Å². The van der Waals surface area contributed by atoms with E-state index in [4.69, 9.17) is 4.74 Å². The zero-order valence-corrected chi connectivity index (χ0v) is 13.5. The van der Waals surface area contributed by atoms with Crippen LogP contribution in [0.2, 0.25) is 0 Å². The smallest absolute Gasteiger partial charge is 0.307 e. The molecule has 112 valence electrons. The second-order valence-corrected chi connectivity index (χ2v) is 7.90. The highest BCUT2D eigenvalue weighted by molar-refractivity contribution is 7.90. The normalized spacial score (nSPS) is 16.3. The molecule has 1 aromatic carbocycles. The first-order valence-corrected chi connectivity index (χ1v) is 7.66. The first-order valence-electron chi connectivity index (χ1n) is 6.51. The molecule has 0 aliphatic carbocycles. The molecule has 1 aromatic rings. The molecule has 1 N–H and O–H groups in total. The number of nitrogens with one attached hydrogen (secondary N) is 1. The van der Waals surface area contributed by atoms with E-state index in [-0.39, 0.29) is 12.4 Å². The van der Waals surface area contributed by atoms with Gasteiger partial charge in [-0.05, 0) is 33.3 Å². The van der Waals surface area contributed by atoms with Crippen LogP contribution in [0.4, 0.5) is 0 Å². The van der Waals surface area contributed by atoms with Crippen LogP contribution in [0.5, 0.6) is 0 Å². The molecule has 20 heavy (non-hydrogen) atoms. The number of benzene rings is 1. The molecule has 1 unspecified atom stereocenters. The summed E-state index contributed by atoms with van der Waals surface area (Å²) in [5.41, 5.74) is 0.176. The van der Waals surface area contributed by atoms with Gasteiger partial charge in [-0.2, -0.15) is 0 Å². The number of ether oxygens (including phenoxy) is 1. The van der Waals surface area contributed by atoms with Gasteiger partial charge in [0.2, 0.25) is 0 Å². The molecule has 2 atom stereocenters. The minimum atomic E-state index is -1.28. The maximum Gasteiger partial charge on any atom is 0.307 e. The Morgan fingerprint density at radius 3 is 2.25 bits per heavy atom. The minimum Gasteiger partial charge on any atom is -0.598 e. The lowest BCUT2D eigenvalue weighted by atomic mass is 9.90. The van der Waals surface area contributed by atoms with Crippen molar-refractivity contribution in [2.75, 3.05) is 7.11 Å². The number of hydrogen-bond acceptors (Lipinski definition) is 4. The van der Waals surface area contributed by atoms with Crippen LogP contribution in [-0.2, 0) is 26.4 Å². The summed E-state index contributed by atoms with van der Waals surface area (Å²) >= 11 is -1.28. The van der Waals surface area contributed by atoms with Gasteiger partial charge in [-0.3, -0.25) is 4.79 Å². The van der Waals surface area contributed by atoms with E-state index in [1.54, 1.807) is 0 Å². The molecule has 0 aliphatic heterocycles. The monoisotopic (exact) mass is 297 g/mol. The van der Waals surface area contributed by atoms with Gasteiger partial charge in [-0.25, -0.2) is 0 Å². The van der Waals surface area contributed by atoms with E-state index in [1.165, 1.54) is 7.11 Å². The van der Waals surface area contributed by atoms with Crippen molar-refractivity contribution in [2.45, 2.75) is 44.4 Å². The summed E-state index contributed by atoms with van der Waals surface area (Å²) in [6.07, 6.45) is 0.120. The highest BCUT2D eigenvalue weighted by atomic mass is 32.2. The topological polar surface area (TPSA) is 61.4 Å². The predicted molar refractivity (Wildman–Crippen MR) is 81.5 cm³/mol. The predicted octanol–water partition coefficient (Wildman–Crippen LogP) is 2.52. The summed E-state index contributed by atoms with van der Waals surface area (Å²) in [7, 11) is 1.36. The Morgan fingerprint density at radius 2 is 1.80 bits per heavy atom. The van der Waals surface area contributed by atoms with Gasteiger partial charge in [0, 0.05) is 11.4 Å². The van der Waals surface area contributed by atoms with Gasteiger partial charge >= 0.3 is 5.97 Å². The third kappa shape index (κ3) is 4.51. The van der Waals surface area contributed by atoms with Crippen molar-refractivity contribution in [1.29, 1.82) is 0 Å². The van der Waals surface area contributed by atoms with E-state index >= 15 is 0 Å². The Kier molecular flexibility index (Phi) is 5.62. The third-order valence-electron chi connectivity index (χ3n) is 3.01. The Morgan fingerprint density at radius 1 is 1.25 bits per heavy atom. The highest BCUT2D eigenvalue weighted by Crippen LogP contribution is 2.28. The van der Waals surface area contributed by atoms with Gasteiger partial charge in [0.1, 0.15) is 4.75 Å². The molecule has 0 amide bonds. The summed E-state index contributed by atoms with van der Waals surface area (Å²) < 4.78 is 19.8. The summed E-state index contributed by atoms with van der Waals surface area (Å²) in [6.45, 7) is 7.53. The van der Waals surface area contributed by atoms with Crippen LogP contribution in [0, 0.1) is 0 Å². The number of carbonyl (C=O) groups is 1. The van der Waals surface area contributed by atoms with E-state index in [9.17, 15) is 9.35 Å². The molecular weight excluding hydrogens is 274 g/mol. The SMILES string of the molecule is COC(=O)C[C@@](C)(N[S+]([O-])C(C)(C)C)c1ccccc1. The van der Waals surface area contributed by atoms with Crippen LogP contribution in [0.25, 0.3) is 0 Å². The molecule has 0 aliphatic rings. The van der Waals surface area contributed by atoms with Crippen LogP contribution in [0.1, 0.15) is 39.7 Å². The average molecular weight is 297 g/mol. The molecule has 0 bridgehead atoms. The second kappa shape index (κ2) is 6.61. The van der Waals surface area contributed by atoms with Crippen LogP contribution in [0.3, 0.4) is 0 Å². The second-order valence-electron chi connectivity index (χ2n) is 5.93. The number of hydrogen-bond donors (Lipinski definition) is 1. The molecule has 0 aromatic heterocycles. The molecule has 1 rings (SSSR count). The van der Waals surface area contributed by atoms with E-state index in [0.717, 1.165) is 5.56 Å². The molecular formula is C15H23NO3S. The third-order valence-corrected chi connectivity index (χ3v) is 4.76. The number of esters is 1. The van der Waals surface area contributed by atoms with Crippen molar-refractivity contribution in [3.05, 3.63) is 35.9 Å². The maximum atomic E-state index is 12.4. The van der Waals surface area contributed by atoms with Crippen LogP contribution in [-0.4, -0.2) is 22.4 Å². The fourth-order valence-corrected chi connectivity index (χ4v) is 2.63. The molecule has 0 saturated heterocycles. The molecule has 0 spiro atoms. The lowest BCUT2D eigenvalue weighted by molar-refractivity contribution is -0.142. The zero-order chi connectivity index (χ0) is 15.4. The summed E-state index contributed by atoms with van der Waals surface area (Å²) in [5.74, 6) is -0.338. The molecule has 5 heteroatoms. The first kappa shape index (κ1) is 17.0. The van der Waals surface area contributed by atoms with Crippen LogP contribution in [0.15, 0.2) is 30.3 Å². The summed E-state index contributed by atoms with van der Waals surface area (Å²) in [6, 6.07) is 9.52. The van der Waals surface area contributed by atoms with Crippen molar-refractivity contribution >= 4 is 17.3 Å². The van der Waals surface area contributed by atoms with Crippen LogP contribution >= 0.6 is 0 Å². The van der Waals surface area contributed by atoms with Gasteiger partial charge < -0.3 is 9.29 Å². The van der Waals surface area contributed by atoms with Gasteiger partial charge in [0.05, 0.1) is 19.1 Å². The minimum absolute atomic E-state index is 0.120. The van der Waals surface area contributed by atoms with E-state index < -0.39 is 21.6 Å². The lowest BCUT2D eigenvalue weighted by Crippen LogP contribution is -2.50. The van der Waals surface area contributed by atoms with Crippen molar-refractivity contribution in [3.8, 4) is 0 Å². The highest BCUT2D eigenvalue weighted by Gasteiger charge is 2.38. The molecule has 0 radical (unpaired) electrons. The Hall–Kier alpha value is -1.04. The lowest BCUT2D eigenvalue weighted by Gasteiger charge is -2.34. The quantitative estimate of drug-likeness (QED) is 0.670. The average Bonchev–Trinajstić information content (AvgIpc) is 2.38. The zero-order valence-electron chi connectivity index (χ0n) is 12.7. The standard InChI is InChI=1S/C15H23NO3S/c1-14(2,3)20(18)16-15(4,11-13(17)19-5)12-9-7-6-8-10-12/h6-10,16H,11H2,1-5H3/t15-,20?/m1/s1. The van der Waals surface area contributed by atoms with Gasteiger partial charge in [-0.15, -0.1) is 4.72 Å². The summed E-state index contributed by atoms with van der Waals surface area (Å²) in [4.78, 5) is 11.7. The van der Waals surface area contributed by atoms with Crippen molar-refractivity contribution in [1.82, 2.24) is 4.72 Å². The van der Waals surface area contributed by atoms with Gasteiger partial charge in [0.15, 0.2) is 0 Å². The summed E-state index contributed by atoms with van der Waals surface area (Å²) in [5, 5.41) is 0. The van der Waals surface area contributed by atoms with E-state index in [1.807, 2.05) is 58.0 Å². The van der Waals surface area contributed by atoms with Crippen molar-refractivity contribution < 1.29 is 14.1 Å². The Balaban J connectivity index is 3.05. The molecule has 0 saturated carbocycles. The fraction of sp³-hybridized carbons (Fsp3) is 0.533. The molecule has 0 heterocycles. The van der Waals surface area contributed by atoms with Crippen molar-refractivity contribution in [3.63, 3.8) is 0 Å². The first-order chi connectivity index (χ1) is 9.19. The van der Waals surface area contributed by atoms with Gasteiger partial charge in [0.25, 0.3) is 0 Å². The van der Waals surface area contributed by atoms with Crippen molar-refractivity contribution in [2.24, 2.45) is 0 Å². The molecule has 4 nitrogen and oxygen atoms in total. The number of rotatable bonds is 5. The fourth-order valence-electron chi connectivity index (χ4n) is 1.72. The van der Waals surface area contributed by atoms with E-state index in [0.29, 0.717) is 0 Å².